The average Bonchev–Trinajstić information content (AvgIpc) is 3.78. The molecule has 7 nitrogen and oxygen atoms in total. The zero-order valence-corrected chi connectivity index (χ0v) is 33.8. The average molecular weight is 929 g/mol. The molecule has 0 radical (unpaired) electrons. The molecule has 0 aliphatic carbocycles. The fraction of sp³-hybridized carbons (Fsp3) is 0.500. The van der Waals surface area contributed by atoms with Crippen LogP contribution in [0.3, 0.4) is 0 Å². The molecule has 2 aromatic carbocycles. The fourth-order valence-electron chi connectivity index (χ4n) is 6.56. The molecule has 0 amide bonds. The first-order valence-corrected chi connectivity index (χ1v) is 19.9. The summed E-state index contributed by atoms with van der Waals surface area (Å²) in [6.45, 7) is 2.92. The summed E-state index contributed by atoms with van der Waals surface area (Å²) in [6.07, 6.45) is -17.3. The Morgan fingerprint density at radius 3 is 1.43 bits per heavy atom. The fourth-order valence-corrected chi connectivity index (χ4v) is 8.47. The van der Waals surface area contributed by atoms with Gasteiger partial charge < -0.3 is 11.3 Å². The molecule has 0 bridgehead atoms. The van der Waals surface area contributed by atoms with Crippen molar-refractivity contribution in [3.63, 3.8) is 0 Å². The SMILES string of the molecule is CCOC(=O)c1sc(-c2ccc(C(F)(F)F)cc2)nc1CN1CCC(C(F)(F)F)CC1.OCc1sc(-c2ccc(C(F)(F)F)cc2)nc1CN1CCC(C(F)(F)F)CC1.[AlH3].[H-].[Li+]. The number of hydrogen-bond donors (Lipinski definition) is 1. The molecule has 0 saturated carbocycles. The zero-order chi connectivity index (χ0) is 43.3. The van der Waals surface area contributed by atoms with Crippen LogP contribution >= 0.6 is 22.7 Å². The Morgan fingerprint density at radius 1 is 0.689 bits per heavy atom. The number of aliphatic hydroxyl groups excluding tert-OH is 1. The van der Waals surface area contributed by atoms with Crippen molar-refractivity contribution in [2.45, 2.75) is 77.0 Å². The maximum Gasteiger partial charge on any atom is 1.00 e. The van der Waals surface area contributed by atoms with E-state index >= 15 is 0 Å². The minimum atomic E-state index is -4.47. The van der Waals surface area contributed by atoms with Gasteiger partial charge in [0.2, 0.25) is 0 Å². The van der Waals surface area contributed by atoms with Crippen molar-refractivity contribution in [2.75, 3.05) is 32.8 Å². The van der Waals surface area contributed by atoms with Crippen molar-refractivity contribution < 1.29 is 87.6 Å². The van der Waals surface area contributed by atoms with E-state index in [2.05, 4.69) is 9.97 Å². The van der Waals surface area contributed by atoms with Crippen LogP contribution in [-0.2, 0) is 36.8 Å². The van der Waals surface area contributed by atoms with Crippen molar-refractivity contribution in [1.29, 1.82) is 0 Å². The number of esters is 1. The van der Waals surface area contributed by atoms with Crippen molar-refractivity contribution in [2.24, 2.45) is 11.8 Å². The van der Waals surface area contributed by atoms with Crippen LogP contribution < -0.4 is 18.9 Å². The number of nitrogens with zero attached hydrogens (tertiary/aromatic N) is 4. The van der Waals surface area contributed by atoms with Gasteiger partial charge in [-0.15, -0.1) is 22.7 Å². The minimum absolute atomic E-state index is 0. The molecule has 2 fully saturated rings. The van der Waals surface area contributed by atoms with Gasteiger partial charge in [-0.05, 0) is 83.1 Å². The van der Waals surface area contributed by atoms with Crippen LogP contribution in [0.2, 0.25) is 0 Å². The van der Waals surface area contributed by atoms with Gasteiger partial charge in [-0.25, -0.2) is 14.8 Å². The van der Waals surface area contributed by atoms with Gasteiger partial charge in [-0.1, -0.05) is 24.3 Å². The van der Waals surface area contributed by atoms with E-state index < -0.39 is 53.6 Å². The van der Waals surface area contributed by atoms with Crippen molar-refractivity contribution in [3.8, 4) is 21.1 Å². The normalized spacial score (nSPS) is 16.3. The number of hydrogen-bond acceptors (Lipinski definition) is 9. The Balaban J connectivity index is 0.000000409. The Hall–Kier alpha value is -2.66. The van der Waals surface area contributed by atoms with Crippen LogP contribution in [0.15, 0.2) is 48.5 Å². The smallest absolute Gasteiger partial charge is 1.00 e. The van der Waals surface area contributed by atoms with E-state index in [0.29, 0.717) is 44.0 Å². The van der Waals surface area contributed by atoms with E-state index in [1.807, 2.05) is 4.90 Å². The maximum absolute atomic E-state index is 12.9. The van der Waals surface area contributed by atoms with Crippen LogP contribution in [-0.4, -0.2) is 93.3 Å². The van der Waals surface area contributed by atoms with Gasteiger partial charge in [0, 0.05) is 24.2 Å². The number of alkyl halides is 12. The minimum Gasteiger partial charge on any atom is -1.00 e. The summed E-state index contributed by atoms with van der Waals surface area (Å²) in [7, 11) is 0. The maximum atomic E-state index is 12.9. The van der Waals surface area contributed by atoms with E-state index in [1.165, 1.54) is 35.6 Å². The summed E-state index contributed by atoms with van der Waals surface area (Å²) in [5, 5.41) is 10.4. The molecule has 2 aliphatic rings. The summed E-state index contributed by atoms with van der Waals surface area (Å²) < 4.78 is 158. The number of carbonyl (C=O) groups is 1. The predicted octanol–water partition coefficient (Wildman–Crippen LogP) is 6.81. The van der Waals surface area contributed by atoms with Crippen LogP contribution in [0.25, 0.3) is 21.1 Å². The van der Waals surface area contributed by atoms with Crippen molar-refractivity contribution in [1.82, 2.24) is 19.8 Å². The van der Waals surface area contributed by atoms with E-state index in [0.717, 1.165) is 35.6 Å². The number of halogens is 12. The largest absolute Gasteiger partial charge is 1.00 e. The van der Waals surface area contributed by atoms with E-state index in [9.17, 15) is 62.6 Å². The molecule has 4 aromatic rings. The molecule has 61 heavy (non-hydrogen) atoms. The number of thiazole rings is 2. The molecule has 4 heterocycles. The second-order valence-corrected chi connectivity index (χ2v) is 16.0. The molecule has 2 aliphatic heterocycles. The number of aromatic nitrogens is 2. The Kier molecular flexibility index (Phi) is 18.8. The molecule has 0 spiro atoms. The number of carbonyl (C=O) groups excluding carboxylic acids is 1. The predicted molar refractivity (Wildman–Crippen MR) is 206 cm³/mol. The monoisotopic (exact) mass is 928 g/mol. The summed E-state index contributed by atoms with van der Waals surface area (Å²) in [5.41, 5.74) is 0.242. The molecular weight excluding hydrogens is 886 g/mol. The second kappa shape index (κ2) is 21.8. The number of benzene rings is 2. The van der Waals surface area contributed by atoms with Gasteiger partial charge in [0.15, 0.2) is 17.4 Å². The summed E-state index contributed by atoms with van der Waals surface area (Å²) >= 11 is 2.16. The molecule has 6 rings (SSSR count). The number of ether oxygens (including phenoxy) is 1. The summed E-state index contributed by atoms with van der Waals surface area (Å²) in [4.78, 5) is 25.6. The van der Waals surface area contributed by atoms with Crippen molar-refractivity contribution in [3.05, 3.63) is 80.8 Å². The van der Waals surface area contributed by atoms with Gasteiger partial charge in [0.25, 0.3) is 0 Å². The topological polar surface area (TPSA) is 78.8 Å². The first-order valence-electron chi connectivity index (χ1n) is 18.3. The van der Waals surface area contributed by atoms with Gasteiger partial charge in [-0.2, -0.15) is 52.7 Å². The standard InChI is InChI=1S/C20H20F6N2O2S.C18H18F6N2OS.Al.Li.4H/c1-2-30-18(29)16-15(11-28-9-7-14(8-10-28)20(24,25)26)27-17(31-16)12-3-5-13(6-4-12)19(21,22)23;19-17(20,21)12-3-1-11(2-4-12)16-25-14(15(10-27)28-16)9-26-7-5-13(6-8-26)18(22,23)24;;;;;;/h3-6,14H,2,7-11H2,1H3;1-4,13,27H,5-10H2;;;;;;/q;;;+1;;;;-1. The van der Waals surface area contributed by atoms with Gasteiger partial charge in [0.05, 0.1) is 52.4 Å². The van der Waals surface area contributed by atoms with Crippen LogP contribution in [0.1, 0.15) is 71.1 Å². The van der Waals surface area contributed by atoms with Crippen LogP contribution in [0, 0.1) is 11.8 Å². The summed E-state index contributed by atoms with van der Waals surface area (Å²) in [5.74, 6) is -3.25. The van der Waals surface area contributed by atoms with E-state index in [4.69, 9.17) is 4.74 Å². The Morgan fingerprint density at radius 2 is 1.07 bits per heavy atom. The zero-order valence-electron chi connectivity index (χ0n) is 33.2. The third kappa shape index (κ3) is 14.4. The number of rotatable bonds is 9. The number of aliphatic hydroxyl groups is 1. The molecule has 0 atom stereocenters. The molecule has 2 aromatic heterocycles. The Labute approximate surface area is 375 Å². The van der Waals surface area contributed by atoms with Crippen LogP contribution in [0.5, 0.6) is 0 Å². The van der Waals surface area contributed by atoms with Crippen molar-refractivity contribution >= 4 is 46.0 Å². The molecule has 2 saturated heterocycles. The first kappa shape index (κ1) is 52.7. The quantitative estimate of drug-likeness (QED) is 0.112. The van der Waals surface area contributed by atoms with Gasteiger partial charge in [-0.3, -0.25) is 9.80 Å². The molecule has 332 valence electrons. The first-order chi connectivity index (χ1) is 27.6. The Bertz CT molecular complexity index is 2000. The number of likely N-dealkylation sites (tertiary alicyclic amines) is 2. The molecule has 1 N–H and O–H groups in total. The number of piperidine rings is 2. The van der Waals surface area contributed by atoms with E-state index in [1.54, 1.807) is 11.8 Å². The van der Waals surface area contributed by atoms with Gasteiger partial charge >= 0.3 is 49.5 Å². The van der Waals surface area contributed by atoms with Gasteiger partial charge in [0.1, 0.15) is 14.9 Å². The molecule has 23 heteroatoms. The summed E-state index contributed by atoms with van der Waals surface area (Å²) in [6, 6.07) is 8.99. The molecule has 0 unspecified atom stereocenters. The third-order valence-corrected chi connectivity index (χ3v) is 12.1. The van der Waals surface area contributed by atoms with Crippen LogP contribution in [0.4, 0.5) is 52.7 Å². The third-order valence-electron chi connectivity index (χ3n) is 9.85. The molecular formula is C38H42AlF12LiN4O3S2. The second-order valence-electron chi connectivity index (χ2n) is 13.9. The van der Waals surface area contributed by atoms with E-state index in [-0.39, 0.29) is 114 Å².